The Hall–Kier alpha value is -4.94. The third kappa shape index (κ3) is 5.43. The van der Waals surface area contributed by atoms with Gasteiger partial charge in [-0.05, 0) is 73.7 Å². The monoisotopic (exact) mass is 712 g/mol. The van der Waals surface area contributed by atoms with Crippen molar-refractivity contribution in [1.82, 2.24) is 0 Å². The van der Waals surface area contributed by atoms with Crippen LogP contribution >= 0.6 is 23.5 Å². The molecule has 0 aliphatic carbocycles. The standard InChI is InChI=1S/C46H36O2S2Si/c1-46(2,3)36-29-28-33(30-35(36)34-20-14-25-41-44(34)47-37-21-10-12-23-39(37)49-41)51(31-16-6-4-7-17-31,32-18-8-5-9-19-32)43-27-15-26-42-45(43)48-38-22-11-13-24-40(38)50-42/h4-30H,1-3H3. The van der Waals surface area contributed by atoms with Gasteiger partial charge in [-0.15, -0.1) is 0 Å². The molecule has 5 heteroatoms. The quantitative estimate of drug-likeness (QED) is 0.131. The van der Waals surface area contributed by atoms with Crippen LogP contribution in [0.15, 0.2) is 183 Å². The number of fused-ring (bicyclic) bond motifs is 4. The van der Waals surface area contributed by atoms with Gasteiger partial charge in [-0.1, -0.05) is 172 Å². The SMILES string of the molecule is CC(C)(C)c1ccc([Si](c2ccccc2)(c2ccccc2)c2cccc3c2Oc2ccccc2S3)cc1-c1cccc2c1Oc1ccccc1S2. The molecule has 51 heavy (non-hydrogen) atoms. The molecule has 0 atom stereocenters. The Balaban J connectivity index is 1.35. The molecule has 2 aliphatic heterocycles. The van der Waals surface area contributed by atoms with Crippen LogP contribution in [-0.4, -0.2) is 8.07 Å². The van der Waals surface area contributed by atoms with E-state index in [0.717, 1.165) is 48.1 Å². The summed E-state index contributed by atoms with van der Waals surface area (Å²) in [7, 11) is -3.02. The van der Waals surface area contributed by atoms with Gasteiger partial charge in [0.25, 0.3) is 0 Å². The maximum atomic E-state index is 6.97. The average Bonchev–Trinajstić information content (AvgIpc) is 3.17. The largest absolute Gasteiger partial charge is 0.455 e. The second-order valence-corrected chi connectivity index (χ2v) is 20.0. The summed E-state index contributed by atoms with van der Waals surface area (Å²) in [4.78, 5) is 4.55. The third-order valence-electron chi connectivity index (χ3n) is 9.89. The van der Waals surface area contributed by atoms with Crippen molar-refractivity contribution in [2.24, 2.45) is 0 Å². The zero-order chi connectivity index (χ0) is 34.6. The van der Waals surface area contributed by atoms with Gasteiger partial charge in [-0.25, -0.2) is 0 Å². The maximum Gasteiger partial charge on any atom is 0.184 e. The fraction of sp³-hybridized carbons (Fsp3) is 0.0870. The molecule has 0 radical (unpaired) electrons. The van der Waals surface area contributed by atoms with Crippen LogP contribution in [0.4, 0.5) is 0 Å². The molecule has 2 aliphatic rings. The zero-order valence-corrected chi connectivity index (χ0v) is 31.4. The lowest BCUT2D eigenvalue weighted by atomic mass is 9.81. The molecule has 2 heterocycles. The summed E-state index contributed by atoms with van der Waals surface area (Å²) in [6.07, 6.45) is 0. The molecule has 0 bridgehead atoms. The van der Waals surface area contributed by atoms with Gasteiger partial charge in [0.05, 0.1) is 19.6 Å². The Morgan fingerprint density at radius 3 is 1.55 bits per heavy atom. The summed E-state index contributed by atoms with van der Waals surface area (Å²) in [5, 5.41) is 5.15. The normalized spacial score (nSPS) is 13.2. The van der Waals surface area contributed by atoms with Crippen molar-refractivity contribution in [2.45, 2.75) is 45.8 Å². The van der Waals surface area contributed by atoms with Crippen LogP contribution < -0.4 is 30.2 Å². The summed E-state index contributed by atoms with van der Waals surface area (Å²) in [6, 6.07) is 59.5. The molecule has 248 valence electrons. The van der Waals surface area contributed by atoms with Crippen LogP contribution in [0.5, 0.6) is 23.0 Å². The lowest BCUT2D eigenvalue weighted by molar-refractivity contribution is 0.456. The van der Waals surface area contributed by atoms with E-state index in [1.165, 1.54) is 31.9 Å². The van der Waals surface area contributed by atoms with Crippen molar-refractivity contribution in [3.8, 4) is 34.1 Å². The van der Waals surface area contributed by atoms with Crippen LogP contribution in [0.2, 0.25) is 0 Å². The molecule has 7 aromatic carbocycles. The number of ether oxygens (including phenoxy) is 2. The predicted molar refractivity (Wildman–Crippen MR) is 215 cm³/mol. The summed E-state index contributed by atoms with van der Waals surface area (Å²) >= 11 is 3.57. The number of rotatable bonds is 5. The smallest absolute Gasteiger partial charge is 0.184 e. The zero-order valence-electron chi connectivity index (χ0n) is 28.7. The molecular formula is C46H36O2S2Si. The lowest BCUT2D eigenvalue weighted by Gasteiger charge is -2.37. The Bertz CT molecular complexity index is 2380. The lowest BCUT2D eigenvalue weighted by Crippen LogP contribution is -2.75. The van der Waals surface area contributed by atoms with Crippen LogP contribution in [0.25, 0.3) is 11.1 Å². The molecule has 0 saturated heterocycles. The molecule has 0 unspecified atom stereocenters. The van der Waals surface area contributed by atoms with E-state index in [9.17, 15) is 0 Å². The summed E-state index contributed by atoms with van der Waals surface area (Å²) in [6.45, 7) is 6.92. The Labute approximate surface area is 309 Å². The number of hydrogen-bond donors (Lipinski definition) is 0. The second kappa shape index (κ2) is 12.7. The van der Waals surface area contributed by atoms with Gasteiger partial charge in [-0.3, -0.25) is 0 Å². The average molecular weight is 713 g/mol. The number of benzene rings is 7. The fourth-order valence-electron chi connectivity index (χ4n) is 7.60. The second-order valence-electron chi connectivity index (χ2n) is 14.1. The van der Waals surface area contributed by atoms with E-state index in [4.69, 9.17) is 9.47 Å². The number of hydrogen-bond acceptors (Lipinski definition) is 4. The van der Waals surface area contributed by atoms with E-state index in [-0.39, 0.29) is 5.41 Å². The molecular weight excluding hydrogens is 677 g/mol. The van der Waals surface area contributed by atoms with Crippen LogP contribution in [0.1, 0.15) is 26.3 Å². The highest BCUT2D eigenvalue weighted by molar-refractivity contribution is 8.00. The highest BCUT2D eigenvalue weighted by atomic mass is 32.2. The van der Waals surface area contributed by atoms with Gasteiger partial charge >= 0.3 is 0 Å². The molecule has 7 aromatic rings. The number of para-hydroxylation sites is 4. The van der Waals surface area contributed by atoms with Gasteiger partial charge < -0.3 is 9.47 Å². The van der Waals surface area contributed by atoms with Crippen LogP contribution in [0.3, 0.4) is 0 Å². The van der Waals surface area contributed by atoms with E-state index < -0.39 is 8.07 Å². The molecule has 0 aromatic heterocycles. The first kappa shape index (κ1) is 32.0. The van der Waals surface area contributed by atoms with Crippen molar-refractivity contribution in [3.63, 3.8) is 0 Å². The van der Waals surface area contributed by atoms with Gasteiger partial charge in [-0.2, -0.15) is 0 Å². The third-order valence-corrected chi connectivity index (χ3v) is 16.9. The van der Waals surface area contributed by atoms with Crippen molar-refractivity contribution >= 4 is 52.3 Å². The highest BCUT2D eigenvalue weighted by Gasteiger charge is 2.45. The summed E-state index contributed by atoms with van der Waals surface area (Å²) in [5.74, 6) is 3.68. The van der Waals surface area contributed by atoms with E-state index in [1.807, 2.05) is 6.07 Å². The van der Waals surface area contributed by atoms with Crippen molar-refractivity contribution in [2.75, 3.05) is 0 Å². The minimum atomic E-state index is -3.02. The summed E-state index contributed by atoms with van der Waals surface area (Å²) < 4.78 is 13.8. The van der Waals surface area contributed by atoms with Gasteiger partial charge in [0.15, 0.2) is 8.07 Å². The fourth-order valence-corrected chi connectivity index (χ4v) is 14.5. The molecule has 2 nitrogen and oxygen atoms in total. The van der Waals surface area contributed by atoms with E-state index in [0.29, 0.717) is 0 Å². The van der Waals surface area contributed by atoms with Crippen molar-refractivity contribution in [3.05, 3.63) is 169 Å². The van der Waals surface area contributed by atoms with Gasteiger partial charge in [0.2, 0.25) is 0 Å². The summed E-state index contributed by atoms with van der Waals surface area (Å²) in [5.41, 5.74) is 3.48. The molecule has 0 N–H and O–H groups in total. The van der Waals surface area contributed by atoms with Crippen LogP contribution in [-0.2, 0) is 5.41 Å². The highest BCUT2D eigenvalue weighted by Crippen LogP contribution is 2.52. The molecule has 9 rings (SSSR count). The topological polar surface area (TPSA) is 18.5 Å². The van der Waals surface area contributed by atoms with Crippen molar-refractivity contribution in [1.29, 1.82) is 0 Å². The van der Waals surface area contributed by atoms with E-state index in [2.05, 4.69) is 178 Å². The Morgan fingerprint density at radius 1 is 0.431 bits per heavy atom. The minimum absolute atomic E-state index is 0.116. The first-order valence-corrected chi connectivity index (χ1v) is 21.0. The Kier molecular flexibility index (Phi) is 7.95. The first-order valence-electron chi connectivity index (χ1n) is 17.3. The predicted octanol–water partition coefficient (Wildman–Crippen LogP) is 10.5. The first-order chi connectivity index (χ1) is 24.9. The van der Waals surface area contributed by atoms with Crippen LogP contribution in [0, 0.1) is 0 Å². The van der Waals surface area contributed by atoms with E-state index in [1.54, 1.807) is 23.5 Å². The van der Waals surface area contributed by atoms with E-state index >= 15 is 0 Å². The van der Waals surface area contributed by atoms with Crippen molar-refractivity contribution < 1.29 is 9.47 Å². The molecule has 0 spiro atoms. The Morgan fingerprint density at radius 2 is 0.941 bits per heavy atom. The molecule has 0 amide bonds. The minimum Gasteiger partial charge on any atom is -0.455 e. The maximum absolute atomic E-state index is 6.97. The van der Waals surface area contributed by atoms with Gasteiger partial charge in [0, 0.05) is 5.56 Å². The molecule has 0 fully saturated rings. The van der Waals surface area contributed by atoms with Gasteiger partial charge in [0.1, 0.15) is 23.0 Å². The molecule has 0 saturated carbocycles.